The highest BCUT2D eigenvalue weighted by Crippen LogP contribution is 2.17. The molecule has 0 aliphatic carbocycles. The van der Waals surface area contributed by atoms with E-state index >= 15 is 0 Å². The Morgan fingerprint density at radius 2 is 1.00 bits per heavy atom. The summed E-state index contributed by atoms with van der Waals surface area (Å²) in [5.41, 5.74) is 1.42. The summed E-state index contributed by atoms with van der Waals surface area (Å²) in [6, 6.07) is 15.5. The summed E-state index contributed by atoms with van der Waals surface area (Å²) < 4.78 is 0. The molecule has 0 heteroatoms. The second-order valence-electron chi connectivity index (χ2n) is 9.80. The Morgan fingerprint density at radius 3 is 1.56 bits per heavy atom. The molecule has 0 amide bonds. The zero-order valence-electron chi connectivity index (χ0n) is 21.1. The first-order chi connectivity index (χ1) is 15.9. The molecule has 0 heterocycles. The van der Waals surface area contributed by atoms with Crippen molar-refractivity contribution in [3.63, 3.8) is 0 Å². The van der Waals surface area contributed by atoms with Gasteiger partial charge in [0.05, 0.1) is 0 Å². The van der Waals surface area contributed by atoms with Crippen LogP contribution in [-0.2, 0) is 6.42 Å². The lowest BCUT2D eigenvalue weighted by molar-refractivity contribution is 0.527. The van der Waals surface area contributed by atoms with Crippen molar-refractivity contribution in [2.75, 3.05) is 0 Å². The maximum Gasteiger partial charge on any atom is -0.00972 e. The Balaban J connectivity index is 1.32. The maximum absolute atomic E-state index is 2.39. The standard InChI is InChI=1S/C32H50/c1-2-3-4-5-6-7-8-9-10-11-12-13-14-15-16-17-18-19-20-21-24-30-27-28-31-25-22-23-26-32(31)29-30/h20-23,25-29H,2-19,24H2,1H3/b21-20+. The lowest BCUT2D eigenvalue weighted by atomic mass is 10.0. The van der Waals surface area contributed by atoms with Crippen LogP contribution in [0.15, 0.2) is 54.6 Å². The first kappa shape index (κ1) is 26.7. The fraction of sp³-hybridized carbons (Fsp3) is 0.625. The van der Waals surface area contributed by atoms with Crippen LogP contribution in [0.4, 0.5) is 0 Å². The van der Waals surface area contributed by atoms with E-state index in [9.17, 15) is 0 Å². The topological polar surface area (TPSA) is 0 Å². The van der Waals surface area contributed by atoms with Crippen LogP contribution in [0.5, 0.6) is 0 Å². The molecule has 32 heavy (non-hydrogen) atoms. The Kier molecular flexibility index (Phi) is 15.8. The minimum Gasteiger partial charge on any atom is -0.0882 e. The van der Waals surface area contributed by atoms with Gasteiger partial charge in [-0.3, -0.25) is 0 Å². The summed E-state index contributed by atoms with van der Waals surface area (Å²) in [5.74, 6) is 0. The number of rotatable bonds is 20. The maximum atomic E-state index is 2.39. The van der Waals surface area contributed by atoms with Crippen LogP contribution in [0.1, 0.15) is 128 Å². The number of unbranched alkanes of at least 4 members (excludes halogenated alkanes) is 17. The number of fused-ring (bicyclic) bond motifs is 1. The van der Waals surface area contributed by atoms with Crippen molar-refractivity contribution in [3.8, 4) is 0 Å². The summed E-state index contributed by atoms with van der Waals surface area (Å²) in [5, 5.41) is 2.69. The lowest BCUT2D eigenvalue weighted by Crippen LogP contribution is -1.84. The van der Waals surface area contributed by atoms with Crippen molar-refractivity contribution in [1.82, 2.24) is 0 Å². The fourth-order valence-corrected chi connectivity index (χ4v) is 4.69. The Hall–Kier alpha value is -1.56. The van der Waals surface area contributed by atoms with Crippen molar-refractivity contribution in [2.45, 2.75) is 129 Å². The molecule has 0 saturated carbocycles. The molecule has 2 aromatic rings. The average molecular weight is 435 g/mol. The van der Waals surface area contributed by atoms with Crippen molar-refractivity contribution < 1.29 is 0 Å². The molecular weight excluding hydrogens is 384 g/mol. The van der Waals surface area contributed by atoms with E-state index in [1.54, 1.807) is 0 Å². The number of hydrogen-bond donors (Lipinski definition) is 0. The molecule has 0 saturated heterocycles. The summed E-state index contributed by atoms with van der Waals surface area (Å²) in [6.07, 6.45) is 31.6. The molecule has 0 aliphatic rings. The van der Waals surface area contributed by atoms with Crippen molar-refractivity contribution >= 4 is 10.8 Å². The molecule has 0 radical (unpaired) electrons. The quantitative estimate of drug-likeness (QED) is 0.143. The molecule has 2 rings (SSSR count). The van der Waals surface area contributed by atoms with Crippen LogP contribution in [0.25, 0.3) is 10.8 Å². The second kappa shape index (κ2) is 19.0. The Morgan fingerprint density at radius 1 is 0.500 bits per heavy atom. The summed E-state index contributed by atoms with van der Waals surface area (Å²) in [4.78, 5) is 0. The van der Waals surface area contributed by atoms with Gasteiger partial charge in [-0.1, -0.05) is 164 Å². The zero-order chi connectivity index (χ0) is 22.5. The third-order valence-corrected chi connectivity index (χ3v) is 6.81. The Labute approximate surface area is 199 Å². The molecule has 0 spiro atoms. The van der Waals surface area contributed by atoms with E-state index in [0.29, 0.717) is 0 Å². The molecule has 0 atom stereocenters. The van der Waals surface area contributed by atoms with Gasteiger partial charge < -0.3 is 0 Å². The normalized spacial score (nSPS) is 11.7. The van der Waals surface area contributed by atoms with E-state index in [4.69, 9.17) is 0 Å². The van der Waals surface area contributed by atoms with E-state index < -0.39 is 0 Å². The van der Waals surface area contributed by atoms with Crippen molar-refractivity contribution in [3.05, 3.63) is 60.2 Å². The largest absolute Gasteiger partial charge is 0.0882 e. The van der Waals surface area contributed by atoms with Gasteiger partial charge in [0.25, 0.3) is 0 Å². The van der Waals surface area contributed by atoms with Gasteiger partial charge in [0.1, 0.15) is 0 Å². The van der Waals surface area contributed by atoms with Gasteiger partial charge in [-0.05, 0) is 35.6 Å². The van der Waals surface area contributed by atoms with E-state index in [1.165, 1.54) is 132 Å². The van der Waals surface area contributed by atoms with Crippen LogP contribution in [0.2, 0.25) is 0 Å². The molecule has 0 bridgehead atoms. The van der Waals surface area contributed by atoms with E-state index in [0.717, 1.165) is 6.42 Å². The minimum atomic E-state index is 1.06. The number of benzene rings is 2. The van der Waals surface area contributed by atoms with Gasteiger partial charge in [0.2, 0.25) is 0 Å². The van der Waals surface area contributed by atoms with Crippen molar-refractivity contribution in [1.29, 1.82) is 0 Å². The molecular formula is C32H50. The zero-order valence-corrected chi connectivity index (χ0v) is 21.1. The molecule has 2 aromatic carbocycles. The van der Waals surface area contributed by atoms with Crippen LogP contribution in [0, 0.1) is 0 Å². The summed E-state index contributed by atoms with van der Waals surface area (Å²) in [6.45, 7) is 2.30. The van der Waals surface area contributed by atoms with E-state index in [1.807, 2.05) is 0 Å². The smallest absolute Gasteiger partial charge is 0.00972 e. The van der Waals surface area contributed by atoms with Gasteiger partial charge in [0.15, 0.2) is 0 Å². The highest BCUT2D eigenvalue weighted by molar-refractivity contribution is 5.83. The fourth-order valence-electron chi connectivity index (χ4n) is 4.69. The monoisotopic (exact) mass is 434 g/mol. The highest BCUT2D eigenvalue weighted by atomic mass is 14.0. The predicted octanol–water partition coefficient (Wildman–Crippen LogP) is 11.0. The van der Waals surface area contributed by atoms with E-state index in [2.05, 4.69) is 61.5 Å². The molecule has 0 fully saturated rings. The molecule has 0 N–H and O–H groups in total. The third kappa shape index (κ3) is 13.1. The second-order valence-corrected chi connectivity index (χ2v) is 9.80. The van der Waals surface area contributed by atoms with E-state index in [-0.39, 0.29) is 0 Å². The van der Waals surface area contributed by atoms with Gasteiger partial charge in [-0.15, -0.1) is 0 Å². The van der Waals surface area contributed by atoms with Gasteiger partial charge in [-0.25, -0.2) is 0 Å². The van der Waals surface area contributed by atoms with Crippen molar-refractivity contribution in [2.24, 2.45) is 0 Å². The molecule has 0 aromatic heterocycles. The lowest BCUT2D eigenvalue weighted by Gasteiger charge is -2.03. The van der Waals surface area contributed by atoms with Crippen LogP contribution in [-0.4, -0.2) is 0 Å². The summed E-state index contributed by atoms with van der Waals surface area (Å²) in [7, 11) is 0. The molecule has 0 nitrogen and oxygen atoms in total. The number of allylic oxidation sites excluding steroid dienone is 2. The number of hydrogen-bond acceptors (Lipinski definition) is 0. The SMILES string of the molecule is CCCCCCCCCCCCCCCCCCC/C=C/Cc1ccc2ccccc2c1. The molecule has 178 valence electrons. The highest BCUT2D eigenvalue weighted by Gasteiger charge is 1.96. The Bertz CT molecular complexity index is 711. The first-order valence-corrected chi connectivity index (χ1v) is 14.0. The molecule has 0 aliphatic heterocycles. The average Bonchev–Trinajstić information content (AvgIpc) is 2.82. The van der Waals surface area contributed by atoms with Gasteiger partial charge in [0, 0.05) is 0 Å². The van der Waals surface area contributed by atoms with Crippen LogP contribution < -0.4 is 0 Å². The first-order valence-electron chi connectivity index (χ1n) is 14.0. The third-order valence-electron chi connectivity index (χ3n) is 6.81. The van der Waals surface area contributed by atoms with Crippen LogP contribution >= 0.6 is 0 Å². The van der Waals surface area contributed by atoms with Gasteiger partial charge in [-0.2, -0.15) is 0 Å². The van der Waals surface area contributed by atoms with Gasteiger partial charge >= 0.3 is 0 Å². The predicted molar refractivity (Wildman–Crippen MR) is 146 cm³/mol. The van der Waals surface area contributed by atoms with Crippen LogP contribution in [0.3, 0.4) is 0 Å². The summed E-state index contributed by atoms with van der Waals surface area (Å²) >= 11 is 0. The minimum absolute atomic E-state index is 1.06. The molecule has 0 unspecified atom stereocenters.